The van der Waals surface area contributed by atoms with Gasteiger partial charge in [0.2, 0.25) is 0 Å². The summed E-state index contributed by atoms with van der Waals surface area (Å²) in [6, 6.07) is 5.65. The molecule has 5 nitrogen and oxygen atoms in total. The van der Waals surface area contributed by atoms with E-state index in [-0.39, 0.29) is 6.10 Å². The van der Waals surface area contributed by atoms with Crippen LogP contribution >= 0.6 is 0 Å². The van der Waals surface area contributed by atoms with Crippen molar-refractivity contribution in [2.75, 3.05) is 23.7 Å². The summed E-state index contributed by atoms with van der Waals surface area (Å²) in [6.45, 7) is 3.78. The summed E-state index contributed by atoms with van der Waals surface area (Å²) in [7, 11) is 0. The van der Waals surface area contributed by atoms with Gasteiger partial charge in [-0.25, -0.2) is 4.98 Å². The number of nitriles is 1. The normalized spacial score (nSPS) is 27.1. The number of nitrogens with zero attached hydrogens (tertiary/aromatic N) is 3. The van der Waals surface area contributed by atoms with Crippen LogP contribution in [0.2, 0.25) is 0 Å². The second-order valence-electron chi connectivity index (χ2n) is 5.44. The lowest BCUT2D eigenvalue weighted by Crippen LogP contribution is -2.47. The van der Waals surface area contributed by atoms with Gasteiger partial charge in [0.15, 0.2) is 0 Å². The third kappa shape index (κ3) is 2.49. The first-order valence-corrected chi connectivity index (χ1v) is 6.74. The van der Waals surface area contributed by atoms with E-state index in [0.717, 1.165) is 18.9 Å². The van der Waals surface area contributed by atoms with Crippen LogP contribution in [-0.2, 0) is 4.74 Å². The molecule has 1 saturated heterocycles. The summed E-state index contributed by atoms with van der Waals surface area (Å²) in [4.78, 5) is 6.56. The van der Waals surface area contributed by atoms with E-state index in [9.17, 15) is 0 Å². The molecule has 0 amide bonds. The zero-order valence-corrected chi connectivity index (χ0v) is 11.0. The van der Waals surface area contributed by atoms with Crippen molar-refractivity contribution in [3.8, 4) is 6.07 Å². The highest BCUT2D eigenvalue weighted by Crippen LogP contribution is 2.37. The predicted octanol–water partition coefficient (Wildman–Crippen LogP) is 1.54. The minimum absolute atomic E-state index is 0.206. The van der Waals surface area contributed by atoms with Crippen LogP contribution in [0.5, 0.6) is 0 Å². The van der Waals surface area contributed by atoms with Crippen molar-refractivity contribution in [2.24, 2.45) is 5.92 Å². The second-order valence-corrected chi connectivity index (χ2v) is 5.44. The molecule has 1 aliphatic carbocycles. The maximum Gasteiger partial charge on any atom is 0.143 e. The van der Waals surface area contributed by atoms with Gasteiger partial charge in [-0.2, -0.15) is 5.26 Å². The number of aromatic nitrogens is 1. The molecule has 2 aliphatic rings. The highest BCUT2D eigenvalue weighted by Gasteiger charge is 2.37. The molecule has 1 aliphatic heterocycles. The summed E-state index contributed by atoms with van der Waals surface area (Å²) in [5, 5.41) is 8.88. The highest BCUT2D eigenvalue weighted by molar-refractivity contribution is 5.55. The topological polar surface area (TPSA) is 75.2 Å². The number of morpholine rings is 1. The van der Waals surface area contributed by atoms with Crippen LogP contribution in [0.15, 0.2) is 12.1 Å². The third-order valence-corrected chi connectivity index (χ3v) is 3.79. The molecule has 100 valence electrons. The first-order chi connectivity index (χ1) is 9.17. The molecular weight excluding hydrogens is 240 g/mol. The number of nitrogens with two attached hydrogens (primary N) is 1. The van der Waals surface area contributed by atoms with Crippen LogP contribution in [-0.4, -0.2) is 30.3 Å². The van der Waals surface area contributed by atoms with Crippen molar-refractivity contribution in [1.82, 2.24) is 4.98 Å². The number of nitrogen functional groups attached to an aromatic ring is 1. The van der Waals surface area contributed by atoms with Crippen LogP contribution in [0.1, 0.15) is 25.3 Å². The highest BCUT2D eigenvalue weighted by atomic mass is 16.5. The standard InChI is InChI=1S/C14H18N4O/c1-9-7-18(8-12(19-9)10-2-3-10)13-5-4-11(6-15)14(16)17-13/h4-5,9-10,12H,2-3,7-8H2,1H3,(H2,16,17)/t9-,12-/m1/s1. The summed E-state index contributed by atoms with van der Waals surface area (Å²) < 4.78 is 5.98. The minimum Gasteiger partial charge on any atom is -0.383 e. The molecule has 2 heterocycles. The Kier molecular flexibility index (Phi) is 3.03. The van der Waals surface area contributed by atoms with Crippen LogP contribution in [0, 0.1) is 17.2 Å². The van der Waals surface area contributed by atoms with Crippen LogP contribution in [0.25, 0.3) is 0 Å². The van der Waals surface area contributed by atoms with Crippen molar-refractivity contribution in [2.45, 2.75) is 32.0 Å². The second kappa shape index (κ2) is 4.71. The SMILES string of the molecule is C[C@@H]1CN(c2ccc(C#N)c(N)n2)C[C@H](C2CC2)O1. The molecule has 2 fully saturated rings. The van der Waals surface area contributed by atoms with E-state index < -0.39 is 0 Å². The molecule has 1 saturated carbocycles. The van der Waals surface area contributed by atoms with Gasteiger partial charge < -0.3 is 15.4 Å². The van der Waals surface area contributed by atoms with Gasteiger partial charge in [0, 0.05) is 13.1 Å². The van der Waals surface area contributed by atoms with Gasteiger partial charge in [0.25, 0.3) is 0 Å². The lowest BCUT2D eigenvalue weighted by atomic mass is 10.1. The van der Waals surface area contributed by atoms with Gasteiger partial charge in [-0.15, -0.1) is 0 Å². The monoisotopic (exact) mass is 258 g/mol. The summed E-state index contributed by atoms with van der Waals surface area (Å²) in [5.41, 5.74) is 6.22. The zero-order chi connectivity index (χ0) is 13.4. The number of pyridine rings is 1. The van der Waals surface area contributed by atoms with E-state index in [4.69, 9.17) is 15.7 Å². The number of hydrogen-bond donors (Lipinski definition) is 1. The third-order valence-electron chi connectivity index (χ3n) is 3.79. The van der Waals surface area contributed by atoms with E-state index in [1.54, 1.807) is 6.07 Å². The summed E-state index contributed by atoms with van der Waals surface area (Å²) >= 11 is 0. The molecule has 2 atom stereocenters. The molecule has 0 bridgehead atoms. The van der Waals surface area contributed by atoms with Gasteiger partial charge >= 0.3 is 0 Å². The smallest absolute Gasteiger partial charge is 0.143 e. The first kappa shape index (κ1) is 12.2. The first-order valence-electron chi connectivity index (χ1n) is 6.74. The Labute approximate surface area is 113 Å². The minimum atomic E-state index is 0.206. The lowest BCUT2D eigenvalue weighted by molar-refractivity contribution is -0.0273. The van der Waals surface area contributed by atoms with Gasteiger partial charge in [0.05, 0.1) is 17.8 Å². The lowest BCUT2D eigenvalue weighted by Gasteiger charge is -2.37. The molecule has 2 N–H and O–H groups in total. The summed E-state index contributed by atoms with van der Waals surface area (Å²) in [6.07, 6.45) is 3.06. The molecule has 0 unspecified atom stereocenters. The van der Waals surface area contributed by atoms with Crippen LogP contribution in [0.4, 0.5) is 11.6 Å². The molecular formula is C14H18N4O. The van der Waals surface area contributed by atoms with Gasteiger partial charge in [-0.1, -0.05) is 0 Å². The Morgan fingerprint density at radius 1 is 1.42 bits per heavy atom. The Morgan fingerprint density at radius 2 is 2.21 bits per heavy atom. The molecule has 5 heteroatoms. The molecule has 1 aromatic heterocycles. The zero-order valence-electron chi connectivity index (χ0n) is 11.0. The molecule has 0 spiro atoms. The van der Waals surface area contributed by atoms with E-state index in [2.05, 4.69) is 16.8 Å². The molecule has 0 radical (unpaired) electrons. The van der Waals surface area contributed by atoms with E-state index >= 15 is 0 Å². The van der Waals surface area contributed by atoms with Gasteiger partial charge in [-0.05, 0) is 37.8 Å². The van der Waals surface area contributed by atoms with Crippen LogP contribution in [0.3, 0.4) is 0 Å². The molecule has 3 rings (SSSR count). The maximum atomic E-state index is 8.88. The molecule has 0 aromatic carbocycles. The Bertz CT molecular complexity index is 521. The Morgan fingerprint density at radius 3 is 2.84 bits per heavy atom. The van der Waals surface area contributed by atoms with E-state index in [1.165, 1.54) is 12.8 Å². The quantitative estimate of drug-likeness (QED) is 0.870. The van der Waals surface area contributed by atoms with E-state index in [0.29, 0.717) is 23.4 Å². The summed E-state index contributed by atoms with van der Waals surface area (Å²) in [5.74, 6) is 1.86. The largest absolute Gasteiger partial charge is 0.383 e. The van der Waals surface area contributed by atoms with Crippen LogP contribution < -0.4 is 10.6 Å². The number of anilines is 2. The predicted molar refractivity (Wildman–Crippen MR) is 72.6 cm³/mol. The van der Waals surface area contributed by atoms with Gasteiger partial charge in [-0.3, -0.25) is 0 Å². The fourth-order valence-electron chi connectivity index (χ4n) is 2.64. The number of ether oxygens (including phenoxy) is 1. The Hall–Kier alpha value is -1.80. The fraction of sp³-hybridized carbons (Fsp3) is 0.571. The van der Waals surface area contributed by atoms with Crippen molar-refractivity contribution in [3.05, 3.63) is 17.7 Å². The van der Waals surface area contributed by atoms with Crippen molar-refractivity contribution >= 4 is 11.6 Å². The van der Waals surface area contributed by atoms with Crippen molar-refractivity contribution in [3.63, 3.8) is 0 Å². The maximum absolute atomic E-state index is 8.88. The van der Waals surface area contributed by atoms with Crippen molar-refractivity contribution < 1.29 is 4.74 Å². The Balaban J connectivity index is 1.80. The average Bonchev–Trinajstić information content (AvgIpc) is 3.22. The molecule has 19 heavy (non-hydrogen) atoms. The van der Waals surface area contributed by atoms with E-state index in [1.807, 2.05) is 12.1 Å². The fourth-order valence-corrected chi connectivity index (χ4v) is 2.64. The van der Waals surface area contributed by atoms with Crippen molar-refractivity contribution in [1.29, 1.82) is 5.26 Å². The molecule has 1 aromatic rings. The number of rotatable bonds is 2. The number of hydrogen-bond acceptors (Lipinski definition) is 5. The van der Waals surface area contributed by atoms with Gasteiger partial charge in [0.1, 0.15) is 17.7 Å². The average molecular weight is 258 g/mol.